The third kappa shape index (κ3) is 5.74. The average Bonchev–Trinajstić information content (AvgIpc) is 3.26. The Hall–Kier alpha value is -2.51. The van der Waals surface area contributed by atoms with Gasteiger partial charge in [0.25, 0.3) is 0 Å². The fraction of sp³-hybridized carbons (Fsp3) is 0.214. The smallest absolute Gasteiger partial charge is 0.325 e. The fourth-order valence-corrected chi connectivity index (χ4v) is 4.43. The highest BCUT2D eigenvalue weighted by Gasteiger charge is 2.15. The van der Waals surface area contributed by atoms with Crippen molar-refractivity contribution in [3.05, 3.63) is 18.2 Å². The van der Waals surface area contributed by atoms with Gasteiger partial charge in [0.2, 0.25) is 18.6 Å². The predicted molar refractivity (Wildman–Crippen MR) is 100 cm³/mol. The van der Waals surface area contributed by atoms with Gasteiger partial charge in [0.1, 0.15) is 0 Å². The van der Waals surface area contributed by atoms with Gasteiger partial charge in [-0.15, -0.1) is 10.2 Å². The summed E-state index contributed by atoms with van der Waals surface area (Å²) in [6, 6.07) is 4.25. The van der Waals surface area contributed by atoms with Gasteiger partial charge in [-0.05, 0) is 12.1 Å². The Labute approximate surface area is 165 Å². The molecule has 0 fully saturated rings. The number of thioether (sulfide) groups is 2. The van der Waals surface area contributed by atoms with E-state index in [4.69, 9.17) is 15.2 Å². The van der Waals surface area contributed by atoms with Gasteiger partial charge in [0.05, 0.1) is 11.5 Å². The predicted octanol–water partition coefficient (Wildman–Crippen LogP) is 1.28. The van der Waals surface area contributed by atoms with Crippen molar-refractivity contribution in [3.8, 4) is 11.5 Å². The zero-order valence-corrected chi connectivity index (χ0v) is 16.0. The topological polar surface area (TPSA) is 146 Å². The average molecular weight is 427 g/mol. The highest BCUT2D eigenvalue weighted by atomic mass is 32.2. The Morgan fingerprint density at radius 2 is 1.81 bits per heavy atom. The van der Waals surface area contributed by atoms with Gasteiger partial charge in [0, 0.05) is 11.8 Å². The van der Waals surface area contributed by atoms with Crippen molar-refractivity contribution in [1.29, 1.82) is 0 Å². The standard InChI is InChI=1S/C14H13N5O5S3/c15-10(20)4-25-13-18-19-14(27-13)26-5-11(21)17-12(22)16-7-1-2-8-9(3-7)24-6-23-8/h1-3H,4-6H2,(H2,15,20)(H2,16,17,21,22). The number of imide groups is 1. The van der Waals surface area contributed by atoms with Gasteiger partial charge in [-0.25, -0.2) is 4.79 Å². The van der Waals surface area contributed by atoms with Crippen molar-refractivity contribution in [2.75, 3.05) is 23.6 Å². The molecule has 0 bridgehead atoms. The number of nitrogens with zero attached hydrogens (tertiary/aromatic N) is 2. The zero-order chi connectivity index (χ0) is 19.2. The van der Waals surface area contributed by atoms with Crippen molar-refractivity contribution < 1.29 is 23.9 Å². The number of primary amides is 1. The lowest BCUT2D eigenvalue weighted by Crippen LogP contribution is -2.35. The molecule has 4 N–H and O–H groups in total. The van der Waals surface area contributed by atoms with Crippen LogP contribution in [0.3, 0.4) is 0 Å². The molecule has 0 spiro atoms. The van der Waals surface area contributed by atoms with Crippen LogP contribution in [0.2, 0.25) is 0 Å². The first kappa shape index (κ1) is 19.3. The molecule has 3 rings (SSSR count). The highest BCUT2D eigenvalue weighted by Crippen LogP contribution is 2.34. The molecule has 1 aromatic carbocycles. The van der Waals surface area contributed by atoms with Crippen molar-refractivity contribution in [2.24, 2.45) is 5.73 Å². The molecule has 1 aliphatic heterocycles. The summed E-state index contributed by atoms with van der Waals surface area (Å²) in [6.07, 6.45) is 0. The number of fused-ring (bicyclic) bond motifs is 1. The van der Waals surface area contributed by atoms with Gasteiger partial charge in [-0.3, -0.25) is 14.9 Å². The van der Waals surface area contributed by atoms with E-state index < -0.39 is 17.8 Å². The van der Waals surface area contributed by atoms with E-state index in [2.05, 4.69) is 20.8 Å². The lowest BCUT2D eigenvalue weighted by atomic mass is 10.3. The van der Waals surface area contributed by atoms with Gasteiger partial charge in [-0.2, -0.15) is 0 Å². The quantitative estimate of drug-likeness (QED) is 0.556. The third-order valence-corrected chi connectivity index (χ3v) is 6.15. The summed E-state index contributed by atoms with van der Waals surface area (Å²) in [5.41, 5.74) is 5.53. The van der Waals surface area contributed by atoms with E-state index in [1.54, 1.807) is 18.2 Å². The number of aromatic nitrogens is 2. The summed E-state index contributed by atoms with van der Waals surface area (Å²) in [5.74, 6) is 0.288. The molecule has 0 atom stereocenters. The molecule has 0 saturated heterocycles. The van der Waals surface area contributed by atoms with Crippen LogP contribution in [-0.2, 0) is 9.59 Å². The maximum atomic E-state index is 11.9. The number of urea groups is 1. The van der Waals surface area contributed by atoms with Gasteiger partial charge >= 0.3 is 6.03 Å². The minimum absolute atomic E-state index is 0.0102. The Kier molecular flexibility index (Phi) is 6.36. The molecule has 13 heteroatoms. The molecule has 10 nitrogen and oxygen atoms in total. The monoisotopic (exact) mass is 427 g/mol. The number of hydrogen-bond acceptors (Lipinski definition) is 10. The molecular weight excluding hydrogens is 414 g/mol. The number of ether oxygens (including phenoxy) is 2. The van der Waals surface area contributed by atoms with E-state index >= 15 is 0 Å². The number of nitrogens with two attached hydrogens (primary N) is 1. The number of benzene rings is 1. The second kappa shape index (κ2) is 8.92. The zero-order valence-electron chi connectivity index (χ0n) is 13.6. The molecule has 2 heterocycles. The van der Waals surface area contributed by atoms with Crippen LogP contribution in [0.4, 0.5) is 10.5 Å². The summed E-state index contributed by atoms with van der Waals surface area (Å²) in [4.78, 5) is 34.5. The van der Waals surface area contributed by atoms with E-state index in [1.807, 2.05) is 0 Å². The molecule has 142 valence electrons. The summed E-state index contributed by atoms with van der Waals surface area (Å²) >= 11 is 3.55. The first-order chi connectivity index (χ1) is 13.0. The number of amides is 4. The summed E-state index contributed by atoms with van der Waals surface area (Å²) in [6.45, 7) is 0.134. The van der Waals surface area contributed by atoms with E-state index in [0.717, 1.165) is 11.8 Å². The van der Waals surface area contributed by atoms with Crippen LogP contribution in [-0.4, -0.2) is 46.3 Å². The fourth-order valence-electron chi connectivity index (χ4n) is 1.87. The van der Waals surface area contributed by atoms with E-state index in [-0.39, 0.29) is 18.3 Å². The van der Waals surface area contributed by atoms with Crippen LogP contribution in [0.25, 0.3) is 0 Å². The molecule has 27 heavy (non-hydrogen) atoms. The summed E-state index contributed by atoms with van der Waals surface area (Å²) < 4.78 is 11.5. The Balaban J connectivity index is 1.42. The number of hydrogen-bond donors (Lipinski definition) is 3. The molecule has 0 saturated carbocycles. The molecule has 0 aliphatic carbocycles. The van der Waals surface area contributed by atoms with Gasteiger partial charge < -0.3 is 20.5 Å². The van der Waals surface area contributed by atoms with Gasteiger partial charge in [-0.1, -0.05) is 34.9 Å². The lowest BCUT2D eigenvalue weighted by Gasteiger charge is -2.07. The molecule has 0 unspecified atom stereocenters. The second-order valence-corrected chi connectivity index (χ2v) is 8.37. The van der Waals surface area contributed by atoms with E-state index in [9.17, 15) is 14.4 Å². The first-order valence-electron chi connectivity index (χ1n) is 7.37. The Bertz CT molecular complexity index is 875. The third-order valence-electron chi connectivity index (χ3n) is 2.94. The van der Waals surface area contributed by atoms with Crippen molar-refractivity contribution in [1.82, 2.24) is 15.5 Å². The molecule has 1 aliphatic rings. The molecule has 2 aromatic rings. The first-order valence-corrected chi connectivity index (χ1v) is 10.2. The SMILES string of the molecule is NC(=O)CSc1nnc(SCC(=O)NC(=O)Nc2ccc3c(c2)OCO3)s1. The highest BCUT2D eigenvalue weighted by molar-refractivity contribution is 8.03. The minimum atomic E-state index is -0.658. The number of rotatable bonds is 7. The van der Waals surface area contributed by atoms with Crippen LogP contribution in [0, 0.1) is 0 Å². The molecule has 0 radical (unpaired) electrons. The lowest BCUT2D eigenvalue weighted by molar-refractivity contribution is -0.117. The van der Waals surface area contributed by atoms with E-state index in [1.165, 1.54) is 23.1 Å². The largest absolute Gasteiger partial charge is 0.454 e. The van der Waals surface area contributed by atoms with E-state index in [0.29, 0.717) is 25.9 Å². The maximum absolute atomic E-state index is 11.9. The van der Waals surface area contributed by atoms with Crippen LogP contribution in [0.15, 0.2) is 26.9 Å². The van der Waals surface area contributed by atoms with Crippen molar-refractivity contribution in [3.63, 3.8) is 0 Å². The van der Waals surface area contributed by atoms with Crippen LogP contribution >= 0.6 is 34.9 Å². The Morgan fingerprint density at radius 3 is 2.56 bits per heavy atom. The minimum Gasteiger partial charge on any atom is -0.454 e. The van der Waals surface area contributed by atoms with Gasteiger partial charge in [0.15, 0.2) is 20.2 Å². The van der Waals surface area contributed by atoms with Crippen LogP contribution in [0.5, 0.6) is 11.5 Å². The van der Waals surface area contributed by atoms with Crippen LogP contribution < -0.4 is 25.8 Å². The number of carbonyl (C=O) groups excluding carboxylic acids is 3. The van der Waals surface area contributed by atoms with Crippen molar-refractivity contribution in [2.45, 2.75) is 8.68 Å². The molecular formula is C14H13N5O5S3. The summed E-state index contributed by atoms with van der Waals surface area (Å²) in [5, 5.41) is 12.5. The summed E-state index contributed by atoms with van der Waals surface area (Å²) in [7, 11) is 0. The number of nitrogens with one attached hydrogen (secondary N) is 2. The number of anilines is 1. The van der Waals surface area contributed by atoms with Crippen molar-refractivity contribution >= 4 is 58.4 Å². The normalized spacial score (nSPS) is 11.9. The second-order valence-electron chi connectivity index (χ2n) is 4.95. The molecule has 4 amide bonds. The Morgan fingerprint density at radius 1 is 1.11 bits per heavy atom. The molecule has 1 aromatic heterocycles. The van der Waals surface area contributed by atoms with Crippen LogP contribution in [0.1, 0.15) is 0 Å². The number of carbonyl (C=O) groups is 3. The maximum Gasteiger partial charge on any atom is 0.325 e.